The monoisotopic (exact) mass is 321 g/mol. The van der Waals surface area contributed by atoms with E-state index in [2.05, 4.69) is 41.7 Å². The summed E-state index contributed by atoms with van der Waals surface area (Å²) in [5.41, 5.74) is 2.39. The minimum Gasteiger partial charge on any atom is -0.480 e. The topological polar surface area (TPSA) is 49.3 Å². The van der Waals surface area contributed by atoms with Gasteiger partial charge >= 0.3 is 5.97 Å². The highest BCUT2D eigenvalue weighted by Gasteiger charge is 2.37. The molecule has 3 atom stereocenters. The Hall–Kier alpha value is -2.39. The Labute approximate surface area is 143 Å². The first-order chi connectivity index (χ1) is 11.8. The Morgan fingerprint density at radius 3 is 2.46 bits per heavy atom. The van der Waals surface area contributed by atoms with Crippen LogP contribution in [-0.2, 0) is 4.79 Å². The van der Waals surface area contributed by atoms with Crippen molar-refractivity contribution in [2.24, 2.45) is 5.92 Å². The summed E-state index contributed by atoms with van der Waals surface area (Å²) in [6, 6.07) is 20.0. The molecule has 0 amide bonds. The van der Waals surface area contributed by atoms with Gasteiger partial charge in [-0.3, -0.25) is 4.79 Å². The van der Waals surface area contributed by atoms with Crippen molar-refractivity contribution >= 4 is 12.0 Å². The van der Waals surface area contributed by atoms with Gasteiger partial charge in [-0.15, -0.1) is 0 Å². The van der Waals surface area contributed by atoms with Crippen LogP contribution in [0, 0.1) is 5.92 Å². The number of allylic oxidation sites excluding steroid dienone is 1. The molecule has 3 nitrogen and oxygen atoms in total. The molecule has 0 aliphatic carbocycles. The van der Waals surface area contributed by atoms with Gasteiger partial charge in [0.05, 0.1) is 0 Å². The van der Waals surface area contributed by atoms with E-state index in [0.717, 1.165) is 19.4 Å². The predicted octanol–water partition coefficient (Wildman–Crippen LogP) is 3.94. The van der Waals surface area contributed by atoms with Crippen LogP contribution in [0.4, 0.5) is 0 Å². The largest absolute Gasteiger partial charge is 0.480 e. The van der Waals surface area contributed by atoms with Gasteiger partial charge in [0.1, 0.15) is 6.04 Å². The van der Waals surface area contributed by atoms with Crippen molar-refractivity contribution in [3.63, 3.8) is 0 Å². The van der Waals surface area contributed by atoms with E-state index < -0.39 is 12.0 Å². The van der Waals surface area contributed by atoms with Crippen LogP contribution in [0.5, 0.6) is 0 Å². The average Bonchev–Trinajstić information content (AvgIpc) is 3.10. The van der Waals surface area contributed by atoms with Crippen molar-refractivity contribution < 1.29 is 9.90 Å². The smallest absolute Gasteiger partial charge is 0.321 e. The maximum absolute atomic E-state index is 11.6. The Kier molecular flexibility index (Phi) is 5.44. The molecule has 0 spiro atoms. The summed E-state index contributed by atoms with van der Waals surface area (Å²) in [7, 11) is 0. The summed E-state index contributed by atoms with van der Waals surface area (Å²) in [6.45, 7) is 0.771. The average molecular weight is 321 g/mol. The van der Waals surface area contributed by atoms with Gasteiger partial charge in [0, 0.05) is 0 Å². The number of hydrogen-bond acceptors (Lipinski definition) is 2. The number of carbonyl (C=O) groups is 1. The van der Waals surface area contributed by atoms with E-state index in [0.29, 0.717) is 0 Å². The fourth-order valence-electron chi connectivity index (χ4n) is 3.60. The highest BCUT2D eigenvalue weighted by Crippen LogP contribution is 2.36. The van der Waals surface area contributed by atoms with E-state index in [-0.39, 0.29) is 11.8 Å². The third-order valence-corrected chi connectivity index (χ3v) is 4.78. The lowest BCUT2D eigenvalue weighted by Crippen LogP contribution is -2.37. The molecule has 2 aromatic carbocycles. The van der Waals surface area contributed by atoms with Crippen LogP contribution in [0.1, 0.15) is 29.9 Å². The van der Waals surface area contributed by atoms with Crippen molar-refractivity contribution in [3.8, 4) is 0 Å². The Morgan fingerprint density at radius 1 is 1.12 bits per heavy atom. The molecule has 0 saturated carbocycles. The number of hydrogen-bond donors (Lipinski definition) is 2. The van der Waals surface area contributed by atoms with Crippen molar-refractivity contribution in [2.75, 3.05) is 6.54 Å². The molecule has 2 N–H and O–H groups in total. The number of carboxylic acid groups (broad SMARTS) is 1. The summed E-state index contributed by atoms with van der Waals surface area (Å²) < 4.78 is 0. The van der Waals surface area contributed by atoms with Crippen LogP contribution in [0.15, 0.2) is 66.7 Å². The highest BCUT2D eigenvalue weighted by molar-refractivity contribution is 5.74. The van der Waals surface area contributed by atoms with Crippen LogP contribution in [0.3, 0.4) is 0 Å². The SMILES string of the molecule is O=C(O)[C@H]1NCCC1C(CC=Cc1ccccc1)c1ccccc1. The first-order valence-electron chi connectivity index (χ1n) is 8.48. The quantitative estimate of drug-likeness (QED) is 0.847. The molecule has 0 aromatic heterocycles. The Morgan fingerprint density at radius 2 is 1.79 bits per heavy atom. The normalized spacial score (nSPS) is 21.8. The van der Waals surface area contributed by atoms with E-state index in [4.69, 9.17) is 0 Å². The molecule has 124 valence electrons. The van der Waals surface area contributed by atoms with Gasteiger partial charge in [-0.2, -0.15) is 0 Å². The molecule has 24 heavy (non-hydrogen) atoms. The number of nitrogens with one attached hydrogen (secondary N) is 1. The first kappa shape index (κ1) is 16.5. The van der Waals surface area contributed by atoms with Gasteiger partial charge in [-0.25, -0.2) is 0 Å². The van der Waals surface area contributed by atoms with Crippen LogP contribution in [0.25, 0.3) is 6.08 Å². The lowest BCUT2D eigenvalue weighted by molar-refractivity contribution is -0.140. The molecule has 1 saturated heterocycles. The molecule has 2 aromatic rings. The van der Waals surface area contributed by atoms with E-state index in [1.807, 2.05) is 36.4 Å². The summed E-state index contributed by atoms with van der Waals surface area (Å²) in [5, 5.41) is 12.6. The van der Waals surface area contributed by atoms with Crippen molar-refractivity contribution in [3.05, 3.63) is 77.9 Å². The predicted molar refractivity (Wildman–Crippen MR) is 96.8 cm³/mol. The summed E-state index contributed by atoms with van der Waals surface area (Å²) in [5.74, 6) is -0.418. The van der Waals surface area contributed by atoms with Crippen LogP contribution in [-0.4, -0.2) is 23.7 Å². The molecule has 1 fully saturated rings. The number of carboxylic acids is 1. The van der Waals surface area contributed by atoms with Crippen LogP contribution >= 0.6 is 0 Å². The second-order valence-corrected chi connectivity index (χ2v) is 6.29. The lowest BCUT2D eigenvalue weighted by atomic mass is 9.79. The minimum absolute atomic E-state index is 0.116. The Balaban J connectivity index is 1.80. The number of benzene rings is 2. The van der Waals surface area contributed by atoms with E-state index in [1.165, 1.54) is 11.1 Å². The molecule has 0 bridgehead atoms. The molecule has 3 rings (SSSR count). The highest BCUT2D eigenvalue weighted by atomic mass is 16.4. The fraction of sp³-hybridized carbons (Fsp3) is 0.286. The van der Waals surface area contributed by atoms with Gasteiger partial charge < -0.3 is 10.4 Å². The maximum atomic E-state index is 11.6. The van der Waals surface area contributed by atoms with Gasteiger partial charge in [-0.05, 0) is 42.3 Å². The van der Waals surface area contributed by atoms with E-state index in [1.54, 1.807) is 0 Å². The van der Waals surface area contributed by atoms with Gasteiger partial charge in [-0.1, -0.05) is 72.8 Å². The van der Waals surface area contributed by atoms with E-state index >= 15 is 0 Å². The van der Waals surface area contributed by atoms with Gasteiger partial charge in [0.15, 0.2) is 0 Å². The van der Waals surface area contributed by atoms with Crippen LogP contribution in [0.2, 0.25) is 0 Å². The zero-order valence-corrected chi connectivity index (χ0v) is 13.6. The zero-order valence-electron chi connectivity index (χ0n) is 13.6. The molecular formula is C21H23NO2. The zero-order chi connectivity index (χ0) is 16.8. The van der Waals surface area contributed by atoms with Gasteiger partial charge in [0.25, 0.3) is 0 Å². The van der Waals surface area contributed by atoms with Crippen LogP contribution < -0.4 is 5.32 Å². The molecule has 0 radical (unpaired) electrons. The minimum atomic E-state index is -0.745. The number of rotatable bonds is 6. The maximum Gasteiger partial charge on any atom is 0.321 e. The van der Waals surface area contributed by atoms with Gasteiger partial charge in [0.2, 0.25) is 0 Å². The van der Waals surface area contributed by atoms with Crippen molar-refractivity contribution in [1.29, 1.82) is 0 Å². The van der Waals surface area contributed by atoms with Crippen molar-refractivity contribution in [2.45, 2.75) is 24.8 Å². The molecule has 1 heterocycles. The summed E-state index contributed by atoms with van der Waals surface area (Å²) >= 11 is 0. The fourth-order valence-corrected chi connectivity index (χ4v) is 3.60. The van der Waals surface area contributed by atoms with E-state index in [9.17, 15) is 9.90 Å². The lowest BCUT2D eigenvalue weighted by Gasteiger charge is -2.26. The number of aliphatic carboxylic acids is 1. The molecule has 3 heteroatoms. The second kappa shape index (κ2) is 7.93. The molecular weight excluding hydrogens is 298 g/mol. The molecule has 1 aliphatic heterocycles. The standard InChI is InChI=1S/C21H23NO2/c23-21(24)20-19(14-15-22-20)18(17-11-5-2-6-12-17)13-7-10-16-8-3-1-4-9-16/h1-12,18-20,22H,13-15H2,(H,23,24)/t18?,19?,20-/m0/s1. The molecule has 2 unspecified atom stereocenters. The third kappa shape index (κ3) is 3.92. The summed E-state index contributed by atoms with van der Waals surface area (Å²) in [4.78, 5) is 11.6. The summed E-state index contributed by atoms with van der Waals surface area (Å²) in [6.07, 6.45) is 6.03. The molecule has 1 aliphatic rings. The third-order valence-electron chi connectivity index (χ3n) is 4.78. The second-order valence-electron chi connectivity index (χ2n) is 6.29. The first-order valence-corrected chi connectivity index (χ1v) is 8.48. The Bertz CT molecular complexity index is 681. The van der Waals surface area contributed by atoms with Crippen molar-refractivity contribution in [1.82, 2.24) is 5.32 Å².